The van der Waals surface area contributed by atoms with Crippen LogP contribution in [-0.2, 0) is 32.9 Å². The van der Waals surface area contributed by atoms with Crippen molar-refractivity contribution >= 4 is 89.8 Å². The van der Waals surface area contributed by atoms with Crippen LogP contribution in [0, 0.1) is 24.2 Å². The molecular weight excluding hydrogens is 1090 g/mol. The second kappa shape index (κ2) is 18.1. The van der Waals surface area contributed by atoms with Crippen molar-refractivity contribution in [1.82, 2.24) is 14.1 Å². The number of para-hydroxylation sites is 3. The summed E-state index contributed by atoms with van der Waals surface area (Å²) in [7, 11) is -1.75. The van der Waals surface area contributed by atoms with Crippen LogP contribution >= 0.6 is 0 Å². The van der Waals surface area contributed by atoms with Crippen molar-refractivity contribution in [2.75, 3.05) is 4.90 Å². The summed E-state index contributed by atoms with van der Waals surface area (Å²) >= 11 is 0. The van der Waals surface area contributed by atoms with Gasteiger partial charge in [-0.2, -0.15) is 12.1 Å². The van der Waals surface area contributed by atoms with Gasteiger partial charge in [-0.05, 0) is 119 Å². The second-order valence-electron chi connectivity index (χ2n) is 22.3. The largest absolute Gasteiger partial charge is 0.509 e. The van der Waals surface area contributed by atoms with Crippen LogP contribution < -0.4 is 14.8 Å². The van der Waals surface area contributed by atoms with Crippen LogP contribution in [0.15, 0.2) is 176 Å². The number of hydrogen-bond donors (Lipinski definition) is 0. The van der Waals surface area contributed by atoms with Crippen molar-refractivity contribution in [1.29, 1.82) is 0 Å². The van der Waals surface area contributed by atoms with Crippen molar-refractivity contribution in [3.63, 3.8) is 0 Å². The molecule has 0 fully saturated rings. The van der Waals surface area contributed by atoms with Crippen LogP contribution in [0.5, 0.6) is 11.5 Å². The molecule has 0 bridgehead atoms. The summed E-state index contributed by atoms with van der Waals surface area (Å²) in [6, 6.07) is 67.8. The van der Waals surface area contributed by atoms with Crippen molar-refractivity contribution in [2.45, 2.75) is 73.0 Å². The smallest absolute Gasteiger partial charge is 0.135 e. The minimum Gasteiger partial charge on any atom is -0.509 e. The predicted octanol–water partition coefficient (Wildman–Crippen LogP) is 17.3. The van der Waals surface area contributed by atoms with Crippen molar-refractivity contribution < 1.29 is 28.5 Å². The van der Waals surface area contributed by atoms with Crippen molar-refractivity contribution in [2.24, 2.45) is 5.41 Å². The molecule has 0 aliphatic carbocycles. The Morgan fingerprint density at radius 1 is 0.603 bits per heavy atom. The molecule has 0 amide bonds. The average molecular weight is 1150 g/mol. The molecule has 3 aromatic heterocycles. The van der Waals surface area contributed by atoms with E-state index in [4.69, 9.17) is 12.5 Å². The van der Waals surface area contributed by atoms with Gasteiger partial charge in [0, 0.05) is 52.7 Å². The molecule has 4 heterocycles. The van der Waals surface area contributed by atoms with Crippen molar-refractivity contribution in [3.8, 4) is 28.4 Å². The fourth-order valence-electron chi connectivity index (χ4n) is 10.6. The van der Waals surface area contributed by atoms with Crippen LogP contribution in [0.4, 0.5) is 11.4 Å². The molecule has 0 N–H and O–H groups in total. The molecule has 0 atom stereocenters. The van der Waals surface area contributed by atoms with Gasteiger partial charge >= 0.3 is 0 Å². The van der Waals surface area contributed by atoms with Crippen LogP contribution in [0.25, 0.3) is 82.1 Å². The Bertz CT molecular complexity index is 4120. The van der Waals surface area contributed by atoms with Gasteiger partial charge in [0.15, 0.2) is 0 Å². The van der Waals surface area contributed by atoms with Gasteiger partial charge in [-0.25, -0.2) is 4.98 Å². The number of fused-ring (bicyclic) bond motifs is 10. The summed E-state index contributed by atoms with van der Waals surface area (Å²) < 4.78 is 29.4. The number of ether oxygens (including phenoxy) is 1. The minimum absolute atomic E-state index is 0. The van der Waals surface area contributed by atoms with E-state index in [-0.39, 0.29) is 26.5 Å². The first-order valence-electron chi connectivity index (χ1n) is 26.0. The average Bonchev–Trinajstić information content (AvgIpc) is 3.97. The summed E-state index contributed by atoms with van der Waals surface area (Å²) in [5.74, 6) is 1.69. The second-order valence-corrected chi connectivity index (χ2v) is 27.4. The van der Waals surface area contributed by atoms with Crippen LogP contribution in [0.3, 0.4) is 0 Å². The van der Waals surface area contributed by atoms with E-state index in [9.17, 15) is 0 Å². The number of aromatic nitrogens is 3. The van der Waals surface area contributed by atoms with E-state index in [0.717, 1.165) is 55.0 Å². The Morgan fingerprint density at radius 2 is 1.22 bits per heavy atom. The van der Waals surface area contributed by atoms with E-state index in [1.807, 2.05) is 57.2 Å². The van der Waals surface area contributed by atoms with E-state index < -0.39 is 19.9 Å². The number of anilines is 2. The molecular formula is C66H59N4OPtSi-3. The van der Waals surface area contributed by atoms with E-state index >= 15 is 0 Å². The molecule has 0 unspecified atom stereocenters. The summed E-state index contributed by atoms with van der Waals surface area (Å²) in [6.45, 7) is 22.3. The monoisotopic (exact) mass is 1150 g/mol. The zero-order valence-electron chi connectivity index (χ0n) is 44.8. The molecule has 0 spiro atoms. The first-order valence-corrected chi connectivity index (χ1v) is 28.5. The molecule has 1 aliphatic heterocycles. The standard InChI is InChI=1S/C66H59N4OSi.Pt/c1-65(2,3)41-43-33-34-67-62(35-43)70-59-29-15-14-25-55(59)56-32-31-48(40-61(56)70)71-47-20-16-19-46(39-47)68-42-69-63-50(44-36-45(66(4,5)6)38-49(37-44)72(7,8)9)26-17-27-57(63)53-23-12-10-21-51(53)52-22-11-13-24-54(52)58-28-18-30-60(68)64(58)69;/h10-38,42H,41H2,1-9H3;/q-3;/i41D2;. The maximum Gasteiger partial charge on any atom is 0.135 e. The molecule has 1 aliphatic rings. The third-order valence-corrected chi connectivity index (χ3v) is 16.0. The van der Waals surface area contributed by atoms with Gasteiger partial charge in [-0.15, -0.1) is 35.7 Å². The normalized spacial score (nSPS) is 13.4. The summed E-state index contributed by atoms with van der Waals surface area (Å²) in [5, 5.41) is 10.5. The molecule has 0 radical (unpaired) electrons. The molecule has 0 saturated heterocycles. The van der Waals surface area contributed by atoms with Crippen LogP contribution in [0.2, 0.25) is 19.6 Å². The third kappa shape index (κ3) is 8.68. The number of hydrogen-bond acceptors (Lipinski definition) is 3. The molecule has 8 aromatic carbocycles. The van der Waals surface area contributed by atoms with Gasteiger partial charge in [-0.3, -0.25) is 0 Å². The molecule has 0 saturated carbocycles. The minimum atomic E-state index is -1.75. The molecule has 7 heteroatoms. The Hall–Kier alpha value is -7.11. The Balaban J connectivity index is 0.00000602. The Morgan fingerprint density at radius 3 is 1.90 bits per heavy atom. The van der Waals surface area contributed by atoms with Gasteiger partial charge in [-0.1, -0.05) is 193 Å². The molecule has 73 heavy (non-hydrogen) atoms. The Kier molecular flexibility index (Phi) is 11.4. The number of pyridine rings is 1. The summed E-state index contributed by atoms with van der Waals surface area (Å²) in [4.78, 5) is 7.06. The van der Waals surface area contributed by atoms with Gasteiger partial charge in [0.2, 0.25) is 0 Å². The van der Waals surface area contributed by atoms with Crippen LogP contribution in [-0.4, -0.2) is 22.2 Å². The third-order valence-electron chi connectivity index (χ3n) is 14.0. The molecule has 11 aromatic rings. The Labute approximate surface area is 447 Å². The zero-order valence-corrected chi connectivity index (χ0v) is 46.1. The van der Waals surface area contributed by atoms with E-state index in [1.165, 1.54) is 43.4 Å². The van der Waals surface area contributed by atoms with Crippen LogP contribution in [0.1, 0.15) is 55.4 Å². The van der Waals surface area contributed by atoms with E-state index in [0.29, 0.717) is 22.9 Å². The maximum atomic E-state index is 9.08. The number of rotatable bonds is 7. The van der Waals surface area contributed by atoms with Gasteiger partial charge in [0.05, 0.1) is 8.07 Å². The SMILES string of the molecule is [2H]C([2H])(c1ccnc(-n2c3[c-]c(Oc4[c-]c(N5[CH-]n6c7c(-c8cc(C(C)(C)C)cc([Si](C)(C)C)c8)cccc7c7ccccc7c7ccccc7c7cccc5c76)ccc4)ccc3c3ccccc32)c1)C(C)(C)C.[Pt]. The maximum absolute atomic E-state index is 9.08. The first kappa shape index (κ1) is 45.7. The molecule has 5 nitrogen and oxygen atoms in total. The zero-order chi connectivity index (χ0) is 51.5. The predicted molar refractivity (Wildman–Crippen MR) is 307 cm³/mol. The number of benzene rings is 8. The van der Waals surface area contributed by atoms with Crippen molar-refractivity contribution in [3.05, 3.63) is 206 Å². The van der Waals surface area contributed by atoms with Gasteiger partial charge < -0.3 is 18.8 Å². The number of nitrogens with zero attached hydrogens (tertiary/aromatic N) is 4. The summed E-state index contributed by atoms with van der Waals surface area (Å²) in [5.41, 5.74) is 9.44. The molecule has 12 rings (SSSR count). The first-order chi connectivity index (χ1) is 35.3. The van der Waals surface area contributed by atoms with Gasteiger partial charge in [0.1, 0.15) is 5.82 Å². The topological polar surface area (TPSA) is 35.2 Å². The molecule has 366 valence electrons. The summed E-state index contributed by atoms with van der Waals surface area (Å²) in [6.07, 6.45) is 0.103. The van der Waals surface area contributed by atoms with Gasteiger partial charge in [0.25, 0.3) is 0 Å². The fraction of sp³-hybridized carbons (Fsp3) is 0.182. The van der Waals surface area contributed by atoms with E-state index in [2.05, 4.69) is 201 Å². The van der Waals surface area contributed by atoms with E-state index in [1.54, 1.807) is 12.3 Å². The fourth-order valence-corrected chi connectivity index (χ4v) is 11.8. The quantitative estimate of drug-likeness (QED) is 0.118.